The van der Waals surface area contributed by atoms with Crippen molar-refractivity contribution in [1.82, 2.24) is 5.32 Å². The van der Waals surface area contributed by atoms with E-state index in [1.165, 1.54) is 135 Å². The zero-order valence-corrected chi connectivity index (χ0v) is 31.7. The molecule has 0 heterocycles. The molecular weight excluding hydrogens is 598 g/mol. The highest BCUT2D eigenvalue weighted by Crippen LogP contribution is 2.15. The fraction of sp³-hybridized carbons (Fsp3) is 0.881. The summed E-state index contributed by atoms with van der Waals surface area (Å²) < 4.78 is 0. The van der Waals surface area contributed by atoms with Crippen LogP contribution in [0.1, 0.15) is 206 Å². The van der Waals surface area contributed by atoms with Crippen molar-refractivity contribution < 1.29 is 25.2 Å². The zero-order chi connectivity index (χ0) is 35.3. The quantitative estimate of drug-likeness (QED) is 0.0332. The fourth-order valence-corrected chi connectivity index (χ4v) is 6.30. The van der Waals surface area contributed by atoms with Crippen LogP contribution >= 0.6 is 0 Å². The van der Waals surface area contributed by atoms with Crippen molar-refractivity contribution in [2.45, 2.75) is 231 Å². The van der Waals surface area contributed by atoms with E-state index in [0.717, 1.165) is 38.5 Å². The first-order valence-electron chi connectivity index (χ1n) is 20.7. The van der Waals surface area contributed by atoms with Crippen LogP contribution in [0.3, 0.4) is 0 Å². The van der Waals surface area contributed by atoms with Crippen LogP contribution in [0.2, 0.25) is 0 Å². The SMILES string of the molecule is CCCCCCCCCC/C=C/CC/C=C/CCCC(O)C(O)C(CO)NC(=O)C(O)CCCCCCCCCCCCCCCCC. The van der Waals surface area contributed by atoms with Crippen LogP contribution in [0, 0.1) is 0 Å². The van der Waals surface area contributed by atoms with Crippen molar-refractivity contribution in [1.29, 1.82) is 0 Å². The highest BCUT2D eigenvalue weighted by atomic mass is 16.3. The molecule has 0 saturated heterocycles. The van der Waals surface area contributed by atoms with Gasteiger partial charge in [0.25, 0.3) is 0 Å². The van der Waals surface area contributed by atoms with Crippen LogP contribution < -0.4 is 5.32 Å². The normalized spacial score (nSPS) is 14.5. The number of allylic oxidation sites excluding steroid dienone is 4. The molecule has 6 nitrogen and oxygen atoms in total. The predicted molar refractivity (Wildman–Crippen MR) is 205 cm³/mol. The molecule has 5 N–H and O–H groups in total. The van der Waals surface area contributed by atoms with Crippen LogP contribution in [-0.2, 0) is 4.79 Å². The van der Waals surface area contributed by atoms with Gasteiger partial charge in [-0.1, -0.05) is 179 Å². The number of hydrogen-bond donors (Lipinski definition) is 5. The van der Waals surface area contributed by atoms with Crippen molar-refractivity contribution in [3.8, 4) is 0 Å². The van der Waals surface area contributed by atoms with Gasteiger partial charge in [0.15, 0.2) is 0 Å². The van der Waals surface area contributed by atoms with Crippen molar-refractivity contribution >= 4 is 5.91 Å². The van der Waals surface area contributed by atoms with Crippen molar-refractivity contribution in [3.05, 3.63) is 24.3 Å². The van der Waals surface area contributed by atoms with Crippen LogP contribution in [-0.4, -0.2) is 57.3 Å². The average Bonchev–Trinajstić information content (AvgIpc) is 3.09. The van der Waals surface area contributed by atoms with E-state index in [-0.39, 0.29) is 0 Å². The summed E-state index contributed by atoms with van der Waals surface area (Å²) in [6.45, 7) is 4.02. The number of nitrogens with one attached hydrogen (secondary N) is 1. The predicted octanol–water partition coefficient (Wildman–Crippen LogP) is 10.4. The summed E-state index contributed by atoms with van der Waals surface area (Å²) in [5.41, 5.74) is 0. The third kappa shape index (κ3) is 30.8. The summed E-state index contributed by atoms with van der Waals surface area (Å²) >= 11 is 0. The summed E-state index contributed by atoms with van der Waals surface area (Å²) in [6.07, 6.45) is 40.6. The Hall–Kier alpha value is -1.21. The molecule has 0 rings (SSSR count). The number of aliphatic hydroxyl groups excluding tert-OH is 4. The fourth-order valence-electron chi connectivity index (χ4n) is 6.30. The Morgan fingerprint density at radius 2 is 0.875 bits per heavy atom. The number of unbranched alkanes of at least 4 members (excludes halogenated alkanes) is 24. The van der Waals surface area contributed by atoms with E-state index in [4.69, 9.17) is 0 Å². The Morgan fingerprint density at radius 1 is 0.500 bits per heavy atom. The molecule has 0 aromatic rings. The molecule has 0 aromatic heterocycles. The number of rotatable bonds is 37. The maximum Gasteiger partial charge on any atom is 0.249 e. The smallest absolute Gasteiger partial charge is 0.249 e. The van der Waals surface area contributed by atoms with Gasteiger partial charge < -0.3 is 25.7 Å². The van der Waals surface area contributed by atoms with Gasteiger partial charge in [0.2, 0.25) is 5.91 Å². The lowest BCUT2D eigenvalue weighted by Crippen LogP contribution is -2.53. The largest absolute Gasteiger partial charge is 0.394 e. The lowest BCUT2D eigenvalue weighted by molar-refractivity contribution is -0.132. The third-order valence-electron chi connectivity index (χ3n) is 9.64. The van der Waals surface area contributed by atoms with Gasteiger partial charge in [-0.15, -0.1) is 0 Å². The van der Waals surface area contributed by atoms with E-state index in [2.05, 4.69) is 43.5 Å². The van der Waals surface area contributed by atoms with E-state index < -0.39 is 36.9 Å². The third-order valence-corrected chi connectivity index (χ3v) is 9.64. The molecule has 284 valence electrons. The van der Waals surface area contributed by atoms with Gasteiger partial charge in [-0.3, -0.25) is 4.79 Å². The van der Waals surface area contributed by atoms with Crippen molar-refractivity contribution in [2.24, 2.45) is 0 Å². The van der Waals surface area contributed by atoms with Gasteiger partial charge in [-0.25, -0.2) is 0 Å². The maximum atomic E-state index is 12.5. The van der Waals surface area contributed by atoms with E-state index in [0.29, 0.717) is 19.3 Å². The minimum absolute atomic E-state index is 0.363. The summed E-state index contributed by atoms with van der Waals surface area (Å²) in [7, 11) is 0. The van der Waals surface area contributed by atoms with Crippen LogP contribution in [0.5, 0.6) is 0 Å². The molecule has 4 atom stereocenters. The monoisotopic (exact) mass is 680 g/mol. The minimum Gasteiger partial charge on any atom is -0.394 e. The van der Waals surface area contributed by atoms with E-state index in [1.54, 1.807) is 0 Å². The molecule has 0 aliphatic heterocycles. The Labute approximate surface area is 297 Å². The molecule has 48 heavy (non-hydrogen) atoms. The summed E-state index contributed by atoms with van der Waals surface area (Å²) in [5, 5.41) is 43.5. The number of aliphatic hydroxyl groups is 4. The lowest BCUT2D eigenvalue weighted by atomic mass is 10.00. The Bertz CT molecular complexity index is 727. The topological polar surface area (TPSA) is 110 Å². The first-order valence-corrected chi connectivity index (χ1v) is 20.7. The highest BCUT2D eigenvalue weighted by molar-refractivity contribution is 5.80. The molecule has 0 radical (unpaired) electrons. The average molecular weight is 680 g/mol. The van der Waals surface area contributed by atoms with Crippen molar-refractivity contribution in [3.63, 3.8) is 0 Å². The van der Waals surface area contributed by atoms with Gasteiger partial charge in [-0.2, -0.15) is 0 Å². The molecular formula is C42H81NO5. The molecule has 0 aliphatic rings. The molecule has 4 unspecified atom stereocenters. The van der Waals surface area contributed by atoms with Crippen LogP contribution in [0.15, 0.2) is 24.3 Å². The molecule has 0 bridgehead atoms. The second kappa shape index (κ2) is 37.1. The molecule has 6 heteroatoms. The number of carbonyl (C=O) groups is 1. The molecule has 1 amide bonds. The maximum absolute atomic E-state index is 12.5. The first-order chi connectivity index (χ1) is 23.5. The van der Waals surface area contributed by atoms with Crippen LogP contribution in [0.4, 0.5) is 0 Å². The highest BCUT2D eigenvalue weighted by Gasteiger charge is 2.28. The minimum atomic E-state index is -1.29. The van der Waals surface area contributed by atoms with Crippen molar-refractivity contribution in [2.75, 3.05) is 6.61 Å². The Kier molecular flexibility index (Phi) is 36.1. The molecule has 0 fully saturated rings. The molecule has 0 saturated carbocycles. The Balaban J connectivity index is 3.83. The molecule has 0 spiro atoms. The van der Waals surface area contributed by atoms with Gasteiger partial charge in [0.1, 0.15) is 12.2 Å². The van der Waals surface area contributed by atoms with E-state index in [9.17, 15) is 25.2 Å². The second-order valence-electron chi connectivity index (χ2n) is 14.3. The zero-order valence-electron chi connectivity index (χ0n) is 31.7. The lowest BCUT2D eigenvalue weighted by Gasteiger charge is -2.27. The first kappa shape index (κ1) is 46.8. The number of hydrogen-bond acceptors (Lipinski definition) is 5. The van der Waals surface area contributed by atoms with Gasteiger partial charge >= 0.3 is 0 Å². The number of carbonyl (C=O) groups excluding carboxylic acids is 1. The summed E-state index contributed by atoms with van der Waals surface area (Å²) in [6, 6.07) is -1.00. The summed E-state index contributed by atoms with van der Waals surface area (Å²) in [4.78, 5) is 12.5. The van der Waals surface area contributed by atoms with E-state index in [1.807, 2.05) is 0 Å². The molecule has 0 aliphatic carbocycles. The summed E-state index contributed by atoms with van der Waals surface area (Å²) in [5.74, 6) is -0.597. The van der Waals surface area contributed by atoms with Crippen LogP contribution in [0.25, 0.3) is 0 Å². The van der Waals surface area contributed by atoms with Gasteiger partial charge in [0, 0.05) is 0 Å². The standard InChI is InChI=1S/C42H81NO5/c1-3-5-7-9-11-13-15-17-19-20-22-23-25-27-29-31-33-35-39(45)41(47)38(37-44)43-42(48)40(46)36-34-32-30-28-26-24-21-18-16-14-12-10-8-6-4-2/h20,22,27,29,38-41,44-47H,3-19,21,23-26,28,30-37H2,1-2H3,(H,43,48)/b22-20+,29-27+. The van der Waals surface area contributed by atoms with E-state index >= 15 is 0 Å². The van der Waals surface area contributed by atoms with Gasteiger partial charge in [-0.05, 0) is 51.4 Å². The number of amides is 1. The van der Waals surface area contributed by atoms with Gasteiger partial charge in [0.05, 0.1) is 18.8 Å². The Morgan fingerprint density at radius 3 is 1.31 bits per heavy atom. The molecule has 0 aromatic carbocycles. The second-order valence-corrected chi connectivity index (χ2v) is 14.3.